The third kappa shape index (κ3) is 4.73. The fourth-order valence-electron chi connectivity index (χ4n) is 3.64. The van der Waals surface area contributed by atoms with Crippen molar-refractivity contribution >= 4 is 15.9 Å². The van der Waals surface area contributed by atoms with Gasteiger partial charge in [-0.25, -0.2) is 12.8 Å². The summed E-state index contributed by atoms with van der Waals surface area (Å²) in [5.41, 5.74) is 1.10. The van der Waals surface area contributed by atoms with Crippen LogP contribution in [0.5, 0.6) is 5.75 Å². The van der Waals surface area contributed by atoms with Crippen LogP contribution in [0.15, 0.2) is 47.4 Å². The Labute approximate surface area is 181 Å². The second-order valence-electron chi connectivity index (χ2n) is 7.67. The highest BCUT2D eigenvalue weighted by molar-refractivity contribution is 7.89. The van der Waals surface area contributed by atoms with E-state index in [9.17, 15) is 17.6 Å². The molecule has 0 atom stereocenters. The topological polar surface area (TPSA) is 76.2 Å². The fraction of sp³-hybridized carbons (Fsp3) is 0.409. The Bertz CT molecular complexity index is 1050. The molecule has 1 aliphatic heterocycles. The zero-order valence-electron chi connectivity index (χ0n) is 17.3. The van der Waals surface area contributed by atoms with Gasteiger partial charge in [-0.3, -0.25) is 4.79 Å². The first-order chi connectivity index (χ1) is 14.9. The van der Waals surface area contributed by atoms with Crippen LogP contribution in [-0.4, -0.2) is 63.0 Å². The summed E-state index contributed by atoms with van der Waals surface area (Å²) < 4.78 is 51.6. The van der Waals surface area contributed by atoms with E-state index in [1.807, 2.05) is 0 Å². The van der Waals surface area contributed by atoms with Crippen molar-refractivity contribution in [1.29, 1.82) is 0 Å². The van der Waals surface area contributed by atoms with E-state index in [1.165, 1.54) is 35.7 Å². The molecule has 1 aliphatic carbocycles. The molecule has 0 spiro atoms. The highest BCUT2D eigenvalue weighted by Gasteiger charge is 2.35. The molecule has 1 amide bonds. The molecule has 31 heavy (non-hydrogen) atoms. The highest BCUT2D eigenvalue weighted by atomic mass is 32.2. The van der Waals surface area contributed by atoms with Gasteiger partial charge in [0.1, 0.15) is 16.5 Å². The number of carbonyl (C=O) groups is 1. The first-order valence-corrected chi connectivity index (χ1v) is 11.7. The number of rotatable bonds is 7. The lowest BCUT2D eigenvalue weighted by Gasteiger charge is -2.27. The molecule has 2 aromatic rings. The van der Waals surface area contributed by atoms with Crippen molar-refractivity contribution in [2.24, 2.45) is 0 Å². The van der Waals surface area contributed by atoms with Crippen LogP contribution in [0.3, 0.4) is 0 Å². The smallest absolute Gasteiger partial charge is 0.254 e. The quantitative estimate of drug-likeness (QED) is 0.651. The molecule has 166 valence electrons. The summed E-state index contributed by atoms with van der Waals surface area (Å²) in [6.07, 6.45) is 1.78. The minimum absolute atomic E-state index is 0.0275. The van der Waals surface area contributed by atoms with E-state index in [4.69, 9.17) is 9.47 Å². The molecule has 2 aromatic carbocycles. The lowest BCUT2D eigenvalue weighted by Crippen LogP contribution is -2.40. The first kappa shape index (κ1) is 21.7. The van der Waals surface area contributed by atoms with Crippen molar-refractivity contribution in [3.8, 4) is 5.75 Å². The molecule has 1 saturated carbocycles. The molecule has 2 fully saturated rings. The van der Waals surface area contributed by atoms with Gasteiger partial charge in [-0.1, -0.05) is 12.1 Å². The number of halogens is 1. The molecule has 1 heterocycles. The zero-order valence-corrected chi connectivity index (χ0v) is 18.1. The molecule has 0 unspecified atom stereocenters. The Morgan fingerprint density at radius 1 is 1.16 bits per heavy atom. The minimum atomic E-state index is -3.84. The third-order valence-corrected chi connectivity index (χ3v) is 7.43. The van der Waals surface area contributed by atoms with Gasteiger partial charge in [0.15, 0.2) is 0 Å². The Kier molecular flexibility index (Phi) is 6.27. The van der Waals surface area contributed by atoms with E-state index in [0.29, 0.717) is 19.8 Å². The Hall–Kier alpha value is -2.49. The van der Waals surface area contributed by atoms with E-state index in [2.05, 4.69) is 0 Å². The Morgan fingerprint density at radius 2 is 1.84 bits per heavy atom. The normalized spacial score (nSPS) is 17.4. The number of nitrogens with zero attached hydrogens (tertiary/aromatic N) is 2. The number of morpholine rings is 1. The lowest BCUT2D eigenvalue weighted by atomic mass is 10.1. The maximum Gasteiger partial charge on any atom is 0.254 e. The largest absolute Gasteiger partial charge is 0.495 e. The van der Waals surface area contributed by atoms with E-state index in [0.717, 1.165) is 18.4 Å². The van der Waals surface area contributed by atoms with Crippen LogP contribution in [0.2, 0.25) is 0 Å². The van der Waals surface area contributed by atoms with Gasteiger partial charge in [0.2, 0.25) is 10.0 Å². The van der Waals surface area contributed by atoms with Crippen LogP contribution >= 0.6 is 0 Å². The van der Waals surface area contributed by atoms with Crippen LogP contribution in [0.4, 0.5) is 4.39 Å². The summed E-state index contributed by atoms with van der Waals surface area (Å²) in [4.78, 5) is 15.0. The Morgan fingerprint density at radius 3 is 2.45 bits per heavy atom. The maximum absolute atomic E-state index is 13.3. The molecule has 2 aliphatic rings. The predicted octanol–water partition coefficient (Wildman–Crippen LogP) is 2.66. The van der Waals surface area contributed by atoms with Crippen molar-refractivity contribution in [3.05, 3.63) is 59.4 Å². The van der Waals surface area contributed by atoms with Crippen LogP contribution in [0.1, 0.15) is 28.8 Å². The van der Waals surface area contributed by atoms with Crippen LogP contribution in [0, 0.1) is 5.82 Å². The summed E-state index contributed by atoms with van der Waals surface area (Å²) in [6.45, 7) is 1.49. The summed E-state index contributed by atoms with van der Waals surface area (Å²) >= 11 is 0. The van der Waals surface area contributed by atoms with Gasteiger partial charge in [0.05, 0.1) is 20.3 Å². The van der Waals surface area contributed by atoms with Crippen molar-refractivity contribution in [2.75, 3.05) is 33.4 Å². The van der Waals surface area contributed by atoms with Gasteiger partial charge >= 0.3 is 0 Å². The van der Waals surface area contributed by atoms with Gasteiger partial charge in [-0.05, 0) is 48.7 Å². The van der Waals surface area contributed by atoms with Crippen molar-refractivity contribution in [2.45, 2.75) is 30.3 Å². The number of sulfonamides is 1. The Balaban J connectivity index is 1.64. The van der Waals surface area contributed by atoms with Gasteiger partial charge in [-0.2, -0.15) is 4.31 Å². The second kappa shape index (κ2) is 8.94. The minimum Gasteiger partial charge on any atom is -0.495 e. The number of hydrogen-bond acceptors (Lipinski definition) is 5. The summed E-state index contributed by atoms with van der Waals surface area (Å²) in [7, 11) is -2.44. The van der Waals surface area contributed by atoms with Crippen molar-refractivity contribution in [3.63, 3.8) is 0 Å². The van der Waals surface area contributed by atoms with E-state index in [-0.39, 0.29) is 47.1 Å². The van der Waals surface area contributed by atoms with Crippen LogP contribution in [-0.2, 0) is 21.3 Å². The molecular weight excluding hydrogens is 423 g/mol. The fourth-order valence-corrected chi connectivity index (χ4v) is 5.23. The first-order valence-electron chi connectivity index (χ1n) is 10.2. The summed E-state index contributed by atoms with van der Waals surface area (Å²) in [5, 5.41) is 0. The van der Waals surface area contributed by atoms with Gasteiger partial charge in [-0.15, -0.1) is 0 Å². The van der Waals surface area contributed by atoms with Crippen LogP contribution in [0.25, 0.3) is 0 Å². The van der Waals surface area contributed by atoms with E-state index < -0.39 is 10.0 Å². The summed E-state index contributed by atoms with van der Waals surface area (Å²) in [6, 6.07) is 10.6. The lowest BCUT2D eigenvalue weighted by molar-refractivity contribution is 0.0724. The van der Waals surface area contributed by atoms with Crippen molar-refractivity contribution in [1.82, 2.24) is 9.21 Å². The van der Waals surface area contributed by atoms with E-state index in [1.54, 1.807) is 23.1 Å². The number of hydrogen-bond donors (Lipinski definition) is 0. The van der Waals surface area contributed by atoms with Gasteiger partial charge in [0, 0.05) is 31.2 Å². The molecule has 0 N–H and O–H groups in total. The average molecular weight is 449 g/mol. The van der Waals surface area contributed by atoms with Gasteiger partial charge < -0.3 is 14.4 Å². The standard InChI is InChI=1S/C22H25FN2O5S/c1-29-20-9-4-17(14-21(20)31(27,28)24-10-12-30-13-11-24)22(26)25(19-7-8-19)15-16-2-5-18(23)6-3-16/h2-6,9,14,19H,7-8,10-13,15H2,1H3. The van der Waals surface area contributed by atoms with Gasteiger partial charge in [0.25, 0.3) is 5.91 Å². The summed E-state index contributed by atoms with van der Waals surface area (Å²) in [5.74, 6) is -0.395. The monoisotopic (exact) mass is 448 g/mol. The molecule has 0 radical (unpaired) electrons. The molecular formula is C22H25FN2O5S. The third-order valence-electron chi connectivity index (χ3n) is 5.51. The molecule has 0 aromatic heterocycles. The van der Waals surface area contributed by atoms with Crippen LogP contribution < -0.4 is 4.74 Å². The number of carbonyl (C=O) groups excluding carboxylic acids is 1. The number of benzene rings is 2. The molecule has 7 nitrogen and oxygen atoms in total. The second-order valence-corrected chi connectivity index (χ2v) is 9.58. The number of ether oxygens (including phenoxy) is 2. The highest BCUT2D eigenvalue weighted by Crippen LogP contribution is 2.33. The SMILES string of the molecule is COc1ccc(C(=O)N(Cc2ccc(F)cc2)C2CC2)cc1S(=O)(=O)N1CCOCC1. The molecule has 1 saturated heterocycles. The maximum atomic E-state index is 13.3. The van der Waals surface area contributed by atoms with E-state index >= 15 is 0 Å². The average Bonchev–Trinajstić information content (AvgIpc) is 3.63. The number of amides is 1. The predicted molar refractivity (Wildman–Crippen MR) is 112 cm³/mol. The molecule has 9 heteroatoms. The molecule has 0 bridgehead atoms. The van der Waals surface area contributed by atoms with Crippen molar-refractivity contribution < 1.29 is 27.1 Å². The zero-order chi connectivity index (χ0) is 22.0. The number of methoxy groups -OCH3 is 1. The molecule has 4 rings (SSSR count).